The Hall–Kier alpha value is -1.69. The van der Waals surface area contributed by atoms with Crippen molar-refractivity contribution >= 4 is 17.2 Å². The monoisotopic (exact) mass is 290 g/mol. The van der Waals surface area contributed by atoms with Crippen molar-refractivity contribution in [2.24, 2.45) is 0 Å². The Morgan fingerprint density at radius 2 is 2.45 bits per heavy atom. The van der Waals surface area contributed by atoms with E-state index < -0.39 is 0 Å². The van der Waals surface area contributed by atoms with Crippen LogP contribution in [0.5, 0.6) is 0 Å². The normalized spacial score (nSPS) is 19.2. The van der Waals surface area contributed by atoms with Crippen molar-refractivity contribution in [3.8, 4) is 0 Å². The summed E-state index contributed by atoms with van der Waals surface area (Å²) in [5.74, 6) is 0.239. The lowest BCUT2D eigenvalue weighted by Gasteiger charge is -2.33. The third-order valence-corrected chi connectivity index (χ3v) is 4.41. The number of rotatable bonds is 4. The van der Waals surface area contributed by atoms with Crippen molar-refractivity contribution in [1.29, 1.82) is 0 Å². The van der Waals surface area contributed by atoms with Crippen LogP contribution < -0.4 is 0 Å². The van der Waals surface area contributed by atoms with E-state index in [1.807, 2.05) is 28.3 Å². The molecule has 2 aromatic rings. The Morgan fingerprint density at radius 1 is 1.50 bits per heavy atom. The summed E-state index contributed by atoms with van der Waals surface area (Å²) in [6.07, 6.45) is 9.09. The molecule has 1 aliphatic heterocycles. The molecule has 1 aliphatic rings. The molecule has 1 saturated heterocycles. The van der Waals surface area contributed by atoms with Gasteiger partial charge in [-0.15, -0.1) is 11.3 Å². The van der Waals surface area contributed by atoms with E-state index in [0.717, 1.165) is 38.0 Å². The van der Waals surface area contributed by atoms with Crippen molar-refractivity contribution in [2.45, 2.75) is 31.7 Å². The van der Waals surface area contributed by atoms with Gasteiger partial charge in [-0.1, -0.05) is 0 Å². The van der Waals surface area contributed by atoms with Gasteiger partial charge in [0.2, 0.25) is 5.91 Å². The molecule has 0 spiro atoms. The largest absolute Gasteiger partial charge is 0.341 e. The number of likely N-dealkylation sites (tertiary alicyclic amines) is 1. The van der Waals surface area contributed by atoms with Gasteiger partial charge in [-0.2, -0.15) is 0 Å². The highest BCUT2D eigenvalue weighted by atomic mass is 32.1. The predicted molar refractivity (Wildman–Crippen MR) is 77.5 cm³/mol. The minimum atomic E-state index is 0.239. The van der Waals surface area contributed by atoms with Crippen LogP contribution in [0.1, 0.15) is 31.0 Å². The van der Waals surface area contributed by atoms with Crippen molar-refractivity contribution in [1.82, 2.24) is 19.4 Å². The highest BCUT2D eigenvalue weighted by Crippen LogP contribution is 2.21. The van der Waals surface area contributed by atoms with Gasteiger partial charge in [-0.3, -0.25) is 4.79 Å². The number of aryl methyl sites for hydroxylation is 1. The first kappa shape index (κ1) is 13.3. The number of carbonyl (C=O) groups excluding carboxylic acids is 1. The molecular weight excluding hydrogens is 272 g/mol. The van der Waals surface area contributed by atoms with Crippen LogP contribution >= 0.6 is 11.3 Å². The fraction of sp³-hybridized carbons (Fsp3) is 0.500. The molecule has 3 rings (SSSR count). The van der Waals surface area contributed by atoms with E-state index in [-0.39, 0.29) is 5.91 Å². The lowest BCUT2D eigenvalue weighted by molar-refractivity contribution is -0.132. The minimum Gasteiger partial charge on any atom is -0.341 e. The molecule has 0 bridgehead atoms. The predicted octanol–water partition coefficient (Wildman–Crippen LogP) is 2.14. The summed E-state index contributed by atoms with van der Waals surface area (Å²) in [6, 6.07) is 0.370. The van der Waals surface area contributed by atoms with E-state index in [4.69, 9.17) is 0 Å². The van der Waals surface area contributed by atoms with E-state index in [0.29, 0.717) is 12.5 Å². The van der Waals surface area contributed by atoms with Gasteiger partial charge in [0.15, 0.2) is 0 Å². The molecule has 106 valence electrons. The summed E-state index contributed by atoms with van der Waals surface area (Å²) in [4.78, 5) is 22.6. The summed E-state index contributed by atoms with van der Waals surface area (Å²) >= 11 is 1.58. The summed E-state index contributed by atoms with van der Waals surface area (Å²) in [5, 5.41) is 2.01. The van der Waals surface area contributed by atoms with Crippen LogP contribution in [0.25, 0.3) is 0 Å². The highest BCUT2D eigenvalue weighted by molar-refractivity contribution is 7.07. The number of piperidine rings is 1. The minimum absolute atomic E-state index is 0.239. The molecule has 0 unspecified atom stereocenters. The van der Waals surface area contributed by atoms with Crippen LogP contribution in [0.2, 0.25) is 0 Å². The van der Waals surface area contributed by atoms with Gasteiger partial charge in [-0.05, 0) is 19.3 Å². The van der Waals surface area contributed by atoms with Crippen LogP contribution in [-0.4, -0.2) is 38.4 Å². The number of imidazole rings is 1. The fourth-order valence-corrected chi connectivity index (χ4v) is 3.26. The Bertz CT molecular complexity index is 538. The lowest BCUT2D eigenvalue weighted by atomic mass is 10.0. The zero-order valence-corrected chi connectivity index (χ0v) is 12.1. The van der Waals surface area contributed by atoms with Crippen molar-refractivity contribution in [2.75, 3.05) is 13.1 Å². The third-order valence-electron chi connectivity index (χ3n) is 3.77. The molecular formula is C14H18N4OS. The van der Waals surface area contributed by atoms with Gasteiger partial charge in [0, 0.05) is 37.3 Å². The van der Waals surface area contributed by atoms with Crippen molar-refractivity contribution in [3.63, 3.8) is 0 Å². The van der Waals surface area contributed by atoms with Gasteiger partial charge in [0.05, 0.1) is 23.6 Å². The first-order chi connectivity index (χ1) is 9.83. The Morgan fingerprint density at radius 3 is 3.20 bits per heavy atom. The average molecular weight is 290 g/mol. The second kappa shape index (κ2) is 6.17. The van der Waals surface area contributed by atoms with Crippen molar-refractivity contribution < 1.29 is 4.79 Å². The van der Waals surface area contributed by atoms with E-state index >= 15 is 0 Å². The maximum atomic E-state index is 12.3. The average Bonchev–Trinajstić information content (AvgIpc) is 3.18. The first-order valence-corrected chi connectivity index (χ1v) is 7.89. The topological polar surface area (TPSA) is 51.0 Å². The molecule has 0 radical (unpaired) electrons. The summed E-state index contributed by atoms with van der Waals surface area (Å²) in [5.41, 5.74) is 2.84. The number of nitrogens with zero attached hydrogens (tertiary/aromatic N) is 4. The van der Waals surface area contributed by atoms with Gasteiger partial charge >= 0.3 is 0 Å². The maximum absolute atomic E-state index is 12.3. The second-order valence-electron chi connectivity index (χ2n) is 5.13. The molecule has 0 aliphatic carbocycles. The van der Waals surface area contributed by atoms with Gasteiger partial charge in [-0.25, -0.2) is 9.97 Å². The first-order valence-electron chi connectivity index (χ1n) is 6.95. The molecule has 5 nitrogen and oxygen atoms in total. The van der Waals surface area contributed by atoms with Crippen LogP contribution in [0.3, 0.4) is 0 Å². The SMILES string of the molecule is O=C(CCc1cscn1)N1CCC[C@H](n2ccnc2)C1. The number of amides is 1. The molecule has 1 amide bonds. The second-order valence-corrected chi connectivity index (χ2v) is 5.84. The molecule has 1 atom stereocenters. The molecule has 0 saturated carbocycles. The van der Waals surface area contributed by atoms with Crippen LogP contribution in [-0.2, 0) is 11.2 Å². The third kappa shape index (κ3) is 3.07. The standard InChI is InChI=1S/C14H18N4OS/c19-14(4-3-12-9-20-11-16-12)17-6-1-2-13(8-17)18-7-5-15-10-18/h5,7,9-11,13H,1-4,6,8H2/t13-/m0/s1. The maximum Gasteiger partial charge on any atom is 0.223 e. The number of thiazole rings is 1. The number of hydrogen-bond donors (Lipinski definition) is 0. The smallest absolute Gasteiger partial charge is 0.223 e. The summed E-state index contributed by atoms with van der Waals surface area (Å²) < 4.78 is 2.11. The van der Waals surface area contributed by atoms with Gasteiger partial charge in [0.1, 0.15) is 0 Å². The van der Waals surface area contributed by atoms with E-state index in [2.05, 4.69) is 14.5 Å². The summed E-state index contributed by atoms with van der Waals surface area (Å²) in [7, 11) is 0. The van der Waals surface area contributed by atoms with Crippen LogP contribution in [0.4, 0.5) is 0 Å². The molecule has 0 N–H and O–H groups in total. The van der Waals surface area contributed by atoms with Crippen molar-refractivity contribution in [3.05, 3.63) is 35.3 Å². The Kier molecular flexibility index (Phi) is 4.11. The number of aromatic nitrogens is 3. The Balaban J connectivity index is 1.55. The van der Waals surface area contributed by atoms with Gasteiger partial charge in [0.25, 0.3) is 0 Å². The fourth-order valence-electron chi connectivity index (χ4n) is 2.66. The molecule has 1 fully saturated rings. The van der Waals surface area contributed by atoms with E-state index in [1.165, 1.54) is 0 Å². The van der Waals surface area contributed by atoms with E-state index in [1.54, 1.807) is 17.5 Å². The van der Waals surface area contributed by atoms with E-state index in [9.17, 15) is 4.79 Å². The molecule has 6 heteroatoms. The quantitative estimate of drug-likeness (QED) is 0.867. The zero-order chi connectivity index (χ0) is 13.8. The van der Waals surface area contributed by atoms with Gasteiger partial charge < -0.3 is 9.47 Å². The number of hydrogen-bond acceptors (Lipinski definition) is 4. The molecule has 3 heterocycles. The van der Waals surface area contributed by atoms with Crippen LogP contribution in [0, 0.1) is 0 Å². The molecule has 2 aromatic heterocycles. The molecule has 20 heavy (non-hydrogen) atoms. The number of carbonyl (C=O) groups is 1. The van der Waals surface area contributed by atoms with Crippen LogP contribution in [0.15, 0.2) is 29.6 Å². The lowest BCUT2D eigenvalue weighted by Crippen LogP contribution is -2.40. The molecule has 0 aromatic carbocycles. The zero-order valence-electron chi connectivity index (χ0n) is 11.3. The summed E-state index contributed by atoms with van der Waals surface area (Å²) in [6.45, 7) is 1.67. The highest BCUT2D eigenvalue weighted by Gasteiger charge is 2.24. The Labute approximate surface area is 122 Å².